The standard InChI is InChI=1S/C16H25ClN4O4S/c1-5-8-18-15(22)10-21(4)11-16(23)19-14-9-12(6-7-13(14)17)26(24,25)20(2)3/h6-7,9H,5,8,10-11H2,1-4H3,(H,18,22)(H,19,23). The summed E-state index contributed by atoms with van der Waals surface area (Å²) in [6, 6.07) is 4.09. The first kappa shape index (κ1) is 22.4. The van der Waals surface area contributed by atoms with E-state index >= 15 is 0 Å². The van der Waals surface area contributed by atoms with Crippen LogP contribution >= 0.6 is 11.6 Å². The summed E-state index contributed by atoms with van der Waals surface area (Å²) >= 11 is 6.05. The molecule has 0 aliphatic rings. The third kappa shape index (κ3) is 6.56. The average molecular weight is 405 g/mol. The van der Waals surface area contributed by atoms with Crippen LogP contribution in [0.1, 0.15) is 13.3 Å². The van der Waals surface area contributed by atoms with E-state index in [2.05, 4.69) is 10.6 Å². The zero-order valence-electron chi connectivity index (χ0n) is 15.4. The van der Waals surface area contributed by atoms with Gasteiger partial charge in [0.15, 0.2) is 0 Å². The monoisotopic (exact) mass is 404 g/mol. The lowest BCUT2D eigenvalue weighted by molar-refractivity contribution is -0.122. The van der Waals surface area contributed by atoms with Gasteiger partial charge in [0.1, 0.15) is 0 Å². The molecule has 0 aliphatic carbocycles. The van der Waals surface area contributed by atoms with Crippen LogP contribution in [0, 0.1) is 0 Å². The molecule has 10 heteroatoms. The Morgan fingerprint density at radius 2 is 1.73 bits per heavy atom. The number of nitrogens with one attached hydrogen (secondary N) is 2. The van der Waals surface area contributed by atoms with Crippen molar-refractivity contribution in [2.45, 2.75) is 18.2 Å². The van der Waals surface area contributed by atoms with Crippen LogP contribution in [-0.2, 0) is 19.6 Å². The summed E-state index contributed by atoms with van der Waals surface area (Å²) in [6.07, 6.45) is 0.834. The SMILES string of the molecule is CCCNC(=O)CN(C)CC(=O)Nc1cc(S(=O)(=O)N(C)C)ccc1Cl. The quantitative estimate of drug-likeness (QED) is 0.639. The van der Waals surface area contributed by atoms with Crippen LogP contribution in [0.3, 0.4) is 0 Å². The fraction of sp³-hybridized carbons (Fsp3) is 0.500. The van der Waals surface area contributed by atoms with Gasteiger partial charge >= 0.3 is 0 Å². The fourth-order valence-electron chi connectivity index (χ4n) is 2.03. The molecule has 0 unspecified atom stereocenters. The molecule has 146 valence electrons. The zero-order chi connectivity index (χ0) is 19.9. The second kappa shape index (κ2) is 9.86. The molecule has 8 nitrogen and oxygen atoms in total. The lowest BCUT2D eigenvalue weighted by atomic mass is 10.3. The zero-order valence-corrected chi connectivity index (χ0v) is 16.9. The summed E-state index contributed by atoms with van der Waals surface area (Å²) in [5.41, 5.74) is 0.198. The fourth-order valence-corrected chi connectivity index (χ4v) is 3.12. The second-order valence-corrected chi connectivity index (χ2v) is 8.56. The summed E-state index contributed by atoms with van der Waals surface area (Å²) in [4.78, 5) is 25.4. The van der Waals surface area contributed by atoms with Gasteiger partial charge < -0.3 is 10.6 Å². The Bertz CT molecular complexity index is 753. The number of nitrogens with zero attached hydrogens (tertiary/aromatic N) is 2. The van der Waals surface area contributed by atoms with E-state index in [1.165, 1.54) is 32.3 Å². The van der Waals surface area contributed by atoms with Crippen LogP contribution < -0.4 is 10.6 Å². The molecule has 0 fully saturated rings. The lowest BCUT2D eigenvalue weighted by Crippen LogP contribution is -2.39. The van der Waals surface area contributed by atoms with Gasteiger partial charge in [-0.2, -0.15) is 0 Å². The number of halogens is 1. The van der Waals surface area contributed by atoms with E-state index in [9.17, 15) is 18.0 Å². The van der Waals surface area contributed by atoms with Crippen LogP contribution in [0.25, 0.3) is 0 Å². The summed E-state index contributed by atoms with van der Waals surface area (Å²) in [5, 5.41) is 5.53. The van der Waals surface area contributed by atoms with Crippen LogP contribution in [-0.4, -0.2) is 70.2 Å². The van der Waals surface area contributed by atoms with Gasteiger partial charge in [-0.15, -0.1) is 0 Å². The molecule has 0 saturated carbocycles. The van der Waals surface area contributed by atoms with E-state index in [0.29, 0.717) is 6.54 Å². The van der Waals surface area contributed by atoms with E-state index in [1.54, 1.807) is 11.9 Å². The molecule has 0 bridgehead atoms. The van der Waals surface area contributed by atoms with Crippen LogP contribution in [0.15, 0.2) is 23.1 Å². The Morgan fingerprint density at radius 3 is 2.31 bits per heavy atom. The maximum atomic E-state index is 12.2. The molecule has 0 spiro atoms. The topological polar surface area (TPSA) is 98.8 Å². The molecule has 2 amide bonds. The first-order chi connectivity index (χ1) is 12.1. The maximum absolute atomic E-state index is 12.2. The Balaban J connectivity index is 2.76. The summed E-state index contributed by atoms with van der Waals surface area (Å²) in [7, 11) is 0.834. The van der Waals surface area contributed by atoms with E-state index < -0.39 is 15.9 Å². The molecule has 0 heterocycles. The highest BCUT2D eigenvalue weighted by atomic mass is 35.5. The number of likely N-dealkylation sites (N-methyl/N-ethyl adjacent to an activating group) is 1. The molecular weight excluding hydrogens is 380 g/mol. The largest absolute Gasteiger partial charge is 0.355 e. The number of hydrogen-bond acceptors (Lipinski definition) is 5. The number of rotatable bonds is 9. The van der Waals surface area contributed by atoms with Crippen molar-refractivity contribution in [1.29, 1.82) is 0 Å². The minimum Gasteiger partial charge on any atom is -0.355 e. The van der Waals surface area contributed by atoms with Gasteiger partial charge in [-0.05, 0) is 31.7 Å². The van der Waals surface area contributed by atoms with Gasteiger partial charge in [0.25, 0.3) is 0 Å². The van der Waals surface area contributed by atoms with Crippen molar-refractivity contribution in [3.8, 4) is 0 Å². The first-order valence-corrected chi connectivity index (χ1v) is 9.87. The minimum absolute atomic E-state index is 0.0227. The van der Waals surface area contributed by atoms with E-state index in [-0.39, 0.29) is 34.6 Å². The average Bonchev–Trinajstić information content (AvgIpc) is 2.54. The predicted molar refractivity (Wildman–Crippen MR) is 102 cm³/mol. The molecule has 0 atom stereocenters. The van der Waals surface area contributed by atoms with Crippen LogP contribution in [0.4, 0.5) is 5.69 Å². The molecule has 0 radical (unpaired) electrons. The normalized spacial score (nSPS) is 11.7. The maximum Gasteiger partial charge on any atom is 0.242 e. The van der Waals surface area contributed by atoms with Crippen molar-refractivity contribution in [2.24, 2.45) is 0 Å². The number of anilines is 1. The molecule has 1 aromatic carbocycles. The van der Waals surface area contributed by atoms with E-state index in [4.69, 9.17) is 11.6 Å². The van der Waals surface area contributed by atoms with Crippen molar-refractivity contribution in [3.05, 3.63) is 23.2 Å². The highest BCUT2D eigenvalue weighted by Gasteiger charge is 2.19. The molecular formula is C16H25ClN4O4S. The van der Waals surface area contributed by atoms with Gasteiger partial charge in [-0.25, -0.2) is 12.7 Å². The Labute approximate surface area is 159 Å². The van der Waals surface area contributed by atoms with Crippen molar-refractivity contribution in [3.63, 3.8) is 0 Å². The third-order valence-corrected chi connectivity index (χ3v) is 5.53. The molecule has 0 aromatic heterocycles. The van der Waals surface area contributed by atoms with Gasteiger partial charge in [-0.3, -0.25) is 14.5 Å². The van der Waals surface area contributed by atoms with Gasteiger partial charge in [0, 0.05) is 20.6 Å². The van der Waals surface area contributed by atoms with Crippen LogP contribution in [0.2, 0.25) is 5.02 Å². The highest BCUT2D eigenvalue weighted by molar-refractivity contribution is 7.89. The minimum atomic E-state index is -3.64. The smallest absolute Gasteiger partial charge is 0.242 e. The van der Waals surface area contributed by atoms with Gasteiger partial charge in [-0.1, -0.05) is 18.5 Å². The summed E-state index contributed by atoms with van der Waals surface area (Å²) in [5.74, 6) is -0.573. The van der Waals surface area contributed by atoms with Crippen molar-refractivity contribution in [2.75, 3.05) is 46.1 Å². The Hall–Kier alpha value is -1.68. The number of amides is 2. The van der Waals surface area contributed by atoms with Crippen LogP contribution in [0.5, 0.6) is 0 Å². The summed E-state index contributed by atoms with van der Waals surface area (Å²) < 4.78 is 25.4. The summed E-state index contributed by atoms with van der Waals surface area (Å²) in [6.45, 7) is 2.57. The molecule has 0 saturated heterocycles. The number of hydrogen-bond donors (Lipinski definition) is 2. The molecule has 0 aliphatic heterocycles. The molecule has 1 rings (SSSR count). The number of sulfonamides is 1. The molecule has 1 aromatic rings. The van der Waals surface area contributed by atoms with E-state index in [0.717, 1.165) is 10.7 Å². The lowest BCUT2D eigenvalue weighted by Gasteiger charge is -2.17. The van der Waals surface area contributed by atoms with Crippen molar-refractivity contribution < 1.29 is 18.0 Å². The van der Waals surface area contributed by atoms with E-state index in [1.807, 2.05) is 6.92 Å². The van der Waals surface area contributed by atoms with Crippen molar-refractivity contribution >= 4 is 39.1 Å². The van der Waals surface area contributed by atoms with Gasteiger partial charge in [0.05, 0.1) is 28.7 Å². The Morgan fingerprint density at radius 1 is 1.12 bits per heavy atom. The number of carbonyl (C=O) groups is 2. The number of benzene rings is 1. The predicted octanol–water partition coefficient (Wildman–Crippen LogP) is 0.987. The highest BCUT2D eigenvalue weighted by Crippen LogP contribution is 2.26. The third-order valence-electron chi connectivity index (χ3n) is 3.39. The second-order valence-electron chi connectivity index (χ2n) is 6.00. The first-order valence-electron chi connectivity index (χ1n) is 8.05. The van der Waals surface area contributed by atoms with Gasteiger partial charge in [0.2, 0.25) is 21.8 Å². The number of carbonyl (C=O) groups excluding carboxylic acids is 2. The van der Waals surface area contributed by atoms with Crippen molar-refractivity contribution in [1.82, 2.24) is 14.5 Å². The molecule has 26 heavy (non-hydrogen) atoms. The Kier molecular flexibility index (Phi) is 8.48. The molecule has 2 N–H and O–H groups in total.